The van der Waals surface area contributed by atoms with Crippen LogP contribution >= 0.6 is 0 Å². The van der Waals surface area contributed by atoms with Crippen LogP contribution in [0.1, 0.15) is 11.3 Å². The van der Waals surface area contributed by atoms with Gasteiger partial charge in [-0.1, -0.05) is 12.1 Å². The van der Waals surface area contributed by atoms with Crippen LogP contribution in [-0.4, -0.2) is 15.2 Å². The number of rotatable bonds is 3. The maximum atomic E-state index is 12.7. The Hall–Kier alpha value is -2.24. The van der Waals surface area contributed by atoms with Crippen LogP contribution in [0.5, 0.6) is 0 Å². The van der Waals surface area contributed by atoms with E-state index in [1.165, 1.54) is 12.1 Å². The zero-order valence-corrected chi connectivity index (χ0v) is 9.20. The van der Waals surface area contributed by atoms with Gasteiger partial charge >= 0.3 is 5.69 Å². The largest absolute Gasteiger partial charge is 0.364 e. The summed E-state index contributed by atoms with van der Waals surface area (Å²) in [4.78, 5) is 14.7. The standard InChI is InChI=1S/C11H11FN4O/c1-7-10(14-11(17)16-15-7)13-6-8-2-4-9(12)5-3-8/h2-5H,6H2,1H3,(H2,13,14,16,17). The Bertz CT molecular complexity index is 564. The average molecular weight is 234 g/mol. The molecule has 0 fully saturated rings. The molecule has 0 saturated carbocycles. The van der Waals surface area contributed by atoms with E-state index in [0.29, 0.717) is 18.1 Å². The van der Waals surface area contributed by atoms with Crippen LogP contribution in [-0.2, 0) is 6.54 Å². The van der Waals surface area contributed by atoms with E-state index in [-0.39, 0.29) is 5.82 Å². The van der Waals surface area contributed by atoms with Crippen LogP contribution in [0.25, 0.3) is 0 Å². The highest BCUT2D eigenvalue weighted by molar-refractivity contribution is 5.38. The number of hydrogen-bond acceptors (Lipinski definition) is 4. The fourth-order valence-electron chi connectivity index (χ4n) is 1.35. The van der Waals surface area contributed by atoms with Crippen molar-refractivity contribution in [1.29, 1.82) is 0 Å². The Balaban J connectivity index is 2.09. The maximum Gasteiger partial charge on any atom is 0.363 e. The first-order valence-corrected chi connectivity index (χ1v) is 5.07. The third-order valence-electron chi connectivity index (χ3n) is 2.25. The van der Waals surface area contributed by atoms with E-state index in [9.17, 15) is 9.18 Å². The molecule has 6 heteroatoms. The van der Waals surface area contributed by atoms with Crippen LogP contribution in [0.4, 0.5) is 10.2 Å². The third kappa shape index (κ3) is 2.87. The van der Waals surface area contributed by atoms with Crippen molar-refractivity contribution in [3.05, 3.63) is 51.8 Å². The summed E-state index contributed by atoms with van der Waals surface area (Å²) >= 11 is 0. The molecule has 0 amide bonds. The number of hydrogen-bond donors (Lipinski definition) is 2. The average Bonchev–Trinajstić information content (AvgIpc) is 2.32. The summed E-state index contributed by atoms with van der Waals surface area (Å²) in [6, 6.07) is 6.09. The van der Waals surface area contributed by atoms with E-state index in [1.807, 2.05) is 0 Å². The first kappa shape index (κ1) is 11.3. The molecule has 0 saturated heterocycles. The number of aromatic amines is 1. The van der Waals surface area contributed by atoms with Crippen LogP contribution in [0, 0.1) is 12.7 Å². The minimum atomic E-state index is -0.503. The van der Waals surface area contributed by atoms with Crippen molar-refractivity contribution in [2.24, 2.45) is 0 Å². The van der Waals surface area contributed by atoms with Crippen molar-refractivity contribution in [2.45, 2.75) is 13.5 Å². The Labute approximate surface area is 96.7 Å². The van der Waals surface area contributed by atoms with Crippen LogP contribution in [0.2, 0.25) is 0 Å². The first-order valence-electron chi connectivity index (χ1n) is 5.07. The van der Waals surface area contributed by atoms with Gasteiger partial charge in [-0.25, -0.2) is 14.3 Å². The van der Waals surface area contributed by atoms with Crippen molar-refractivity contribution in [3.8, 4) is 0 Å². The molecule has 2 N–H and O–H groups in total. The van der Waals surface area contributed by atoms with Gasteiger partial charge in [0.05, 0.1) is 0 Å². The lowest BCUT2D eigenvalue weighted by atomic mass is 10.2. The number of anilines is 1. The molecule has 5 nitrogen and oxygen atoms in total. The summed E-state index contributed by atoms with van der Waals surface area (Å²) in [5.41, 5.74) is 0.997. The monoisotopic (exact) mass is 234 g/mol. The van der Waals surface area contributed by atoms with Crippen molar-refractivity contribution in [3.63, 3.8) is 0 Å². The Morgan fingerprint density at radius 3 is 2.76 bits per heavy atom. The van der Waals surface area contributed by atoms with Crippen molar-refractivity contribution in [2.75, 3.05) is 5.32 Å². The van der Waals surface area contributed by atoms with Crippen LogP contribution in [0.3, 0.4) is 0 Å². The normalized spacial score (nSPS) is 10.2. The SMILES string of the molecule is Cc1n[nH]c(=O)nc1NCc1ccc(F)cc1. The lowest BCUT2D eigenvalue weighted by Gasteiger charge is -2.06. The Kier molecular flexibility index (Phi) is 3.13. The minimum Gasteiger partial charge on any atom is -0.364 e. The molecule has 0 atom stereocenters. The number of H-pyrrole nitrogens is 1. The van der Waals surface area contributed by atoms with Gasteiger partial charge in [0.25, 0.3) is 0 Å². The summed E-state index contributed by atoms with van der Waals surface area (Å²) < 4.78 is 12.7. The fourth-order valence-corrected chi connectivity index (χ4v) is 1.35. The zero-order valence-electron chi connectivity index (χ0n) is 9.20. The number of aromatic nitrogens is 3. The number of aryl methyl sites for hydroxylation is 1. The van der Waals surface area contributed by atoms with Crippen molar-refractivity contribution >= 4 is 5.82 Å². The highest BCUT2D eigenvalue weighted by Gasteiger charge is 2.02. The number of nitrogens with one attached hydrogen (secondary N) is 2. The van der Waals surface area contributed by atoms with E-state index in [4.69, 9.17) is 0 Å². The van der Waals surface area contributed by atoms with E-state index >= 15 is 0 Å². The van der Waals surface area contributed by atoms with Gasteiger partial charge in [0, 0.05) is 6.54 Å². The lowest BCUT2D eigenvalue weighted by molar-refractivity contribution is 0.627. The van der Waals surface area contributed by atoms with Gasteiger partial charge in [0.15, 0.2) is 5.82 Å². The second kappa shape index (κ2) is 4.73. The molecular weight excluding hydrogens is 223 g/mol. The number of halogens is 1. The number of nitrogens with zero attached hydrogens (tertiary/aromatic N) is 2. The molecular formula is C11H11FN4O. The molecule has 2 rings (SSSR count). The van der Waals surface area contributed by atoms with Gasteiger partial charge in [-0.05, 0) is 24.6 Å². The highest BCUT2D eigenvalue weighted by Crippen LogP contribution is 2.08. The molecule has 0 aliphatic carbocycles. The summed E-state index contributed by atoms with van der Waals surface area (Å²) in [5.74, 6) is 0.152. The zero-order chi connectivity index (χ0) is 12.3. The molecule has 88 valence electrons. The summed E-state index contributed by atoms with van der Waals surface area (Å²) in [7, 11) is 0. The minimum absolute atomic E-state index is 0.277. The smallest absolute Gasteiger partial charge is 0.363 e. The summed E-state index contributed by atoms with van der Waals surface area (Å²) in [5, 5.41) is 9.00. The molecule has 0 bridgehead atoms. The van der Waals surface area contributed by atoms with E-state index in [2.05, 4.69) is 20.5 Å². The first-order chi connectivity index (χ1) is 8.15. The molecule has 1 aromatic carbocycles. The van der Waals surface area contributed by atoms with Gasteiger partial charge in [-0.15, -0.1) is 0 Å². The molecule has 2 aromatic rings. The molecule has 1 aromatic heterocycles. The van der Waals surface area contributed by atoms with E-state index in [0.717, 1.165) is 5.56 Å². The predicted octanol–water partition coefficient (Wildman–Crippen LogP) is 1.22. The van der Waals surface area contributed by atoms with Gasteiger partial charge < -0.3 is 5.32 Å². The molecule has 17 heavy (non-hydrogen) atoms. The maximum absolute atomic E-state index is 12.7. The van der Waals surface area contributed by atoms with E-state index in [1.54, 1.807) is 19.1 Å². The molecule has 1 heterocycles. The van der Waals surface area contributed by atoms with Gasteiger partial charge in [0.2, 0.25) is 0 Å². The molecule has 0 radical (unpaired) electrons. The van der Waals surface area contributed by atoms with Crippen LogP contribution in [0.15, 0.2) is 29.1 Å². The predicted molar refractivity (Wildman–Crippen MR) is 61.1 cm³/mol. The van der Waals surface area contributed by atoms with Crippen LogP contribution < -0.4 is 11.0 Å². The third-order valence-corrected chi connectivity index (χ3v) is 2.25. The van der Waals surface area contributed by atoms with Gasteiger partial charge in [-0.3, -0.25) is 0 Å². The fraction of sp³-hybridized carbons (Fsp3) is 0.182. The summed E-state index contributed by atoms with van der Waals surface area (Å²) in [6.45, 7) is 2.19. The Morgan fingerprint density at radius 2 is 2.06 bits per heavy atom. The van der Waals surface area contributed by atoms with Gasteiger partial charge in [0.1, 0.15) is 11.5 Å². The molecule has 0 aliphatic heterocycles. The molecule has 0 unspecified atom stereocenters. The summed E-state index contributed by atoms with van der Waals surface area (Å²) in [6.07, 6.45) is 0. The van der Waals surface area contributed by atoms with Crippen molar-refractivity contribution < 1.29 is 4.39 Å². The lowest BCUT2D eigenvalue weighted by Crippen LogP contribution is -2.17. The van der Waals surface area contributed by atoms with Crippen molar-refractivity contribution in [1.82, 2.24) is 15.2 Å². The number of benzene rings is 1. The topological polar surface area (TPSA) is 70.7 Å². The van der Waals surface area contributed by atoms with Gasteiger partial charge in [-0.2, -0.15) is 10.1 Å². The quantitative estimate of drug-likeness (QED) is 0.837. The molecule has 0 aliphatic rings. The molecule has 0 spiro atoms. The second-order valence-corrected chi connectivity index (χ2v) is 3.55. The Morgan fingerprint density at radius 1 is 1.35 bits per heavy atom. The van der Waals surface area contributed by atoms with E-state index < -0.39 is 5.69 Å². The highest BCUT2D eigenvalue weighted by atomic mass is 19.1. The second-order valence-electron chi connectivity index (χ2n) is 3.55.